The first-order valence-electron chi connectivity index (χ1n) is 10.3. The molecule has 27 heavy (non-hydrogen) atoms. The number of piperidine rings is 2. The minimum Gasteiger partial charge on any atom is -0.444 e. The molecule has 0 aliphatic carbocycles. The molecule has 1 amide bonds. The van der Waals surface area contributed by atoms with Crippen molar-refractivity contribution in [3.63, 3.8) is 0 Å². The van der Waals surface area contributed by atoms with Gasteiger partial charge in [-0.1, -0.05) is 38.1 Å². The molecule has 4 nitrogen and oxygen atoms in total. The fraction of sp³-hybridized carbons (Fsp3) is 0.652. The molecule has 2 heterocycles. The van der Waals surface area contributed by atoms with Crippen molar-refractivity contribution >= 4 is 11.9 Å². The molecule has 2 saturated heterocycles. The summed E-state index contributed by atoms with van der Waals surface area (Å²) in [7, 11) is 0. The maximum Gasteiger partial charge on any atom is 0.410 e. The molecule has 0 radical (unpaired) electrons. The van der Waals surface area contributed by atoms with E-state index in [0.717, 1.165) is 43.2 Å². The summed E-state index contributed by atoms with van der Waals surface area (Å²) < 4.78 is 5.65. The maximum absolute atomic E-state index is 13.3. The number of benzene rings is 1. The number of fused-ring (bicyclic) bond motifs is 2. The van der Waals surface area contributed by atoms with Crippen molar-refractivity contribution in [2.24, 2.45) is 5.92 Å². The second-order valence-electron chi connectivity index (χ2n) is 9.40. The van der Waals surface area contributed by atoms with Gasteiger partial charge in [-0.2, -0.15) is 0 Å². The minimum atomic E-state index is -0.492. The lowest BCUT2D eigenvalue weighted by Crippen LogP contribution is -2.56. The van der Waals surface area contributed by atoms with Gasteiger partial charge in [-0.3, -0.25) is 4.79 Å². The van der Waals surface area contributed by atoms with Crippen molar-refractivity contribution in [1.82, 2.24) is 4.90 Å². The Kier molecular flexibility index (Phi) is 5.64. The molecular formula is C23H33NO3. The van der Waals surface area contributed by atoms with E-state index < -0.39 is 5.60 Å². The molecule has 1 aromatic rings. The predicted octanol–water partition coefficient (Wildman–Crippen LogP) is 5.56. The van der Waals surface area contributed by atoms with Crippen molar-refractivity contribution in [2.75, 3.05) is 0 Å². The number of hydrogen-bond donors (Lipinski definition) is 0. The van der Waals surface area contributed by atoms with Crippen LogP contribution in [0.3, 0.4) is 0 Å². The first kappa shape index (κ1) is 19.9. The van der Waals surface area contributed by atoms with Crippen LogP contribution in [0.25, 0.3) is 0 Å². The number of Topliss-reactive ketones (excluding diaryl/α,β-unsaturated/α-hetero) is 1. The van der Waals surface area contributed by atoms with Crippen LogP contribution in [-0.4, -0.2) is 34.5 Å². The summed E-state index contributed by atoms with van der Waals surface area (Å²) in [5, 5.41) is 0. The summed E-state index contributed by atoms with van der Waals surface area (Å²) in [6.45, 7) is 9.97. The number of ketones is 1. The highest BCUT2D eigenvalue weighted by molar-refractivity contribution is 5.99. The third-order valence-electron chi connectivity index (χ3n) is 5.80. The van der Waals surface area contributed by atoms with Crippen LogP contribution in [0.1, 0.15) is 88.6 Å². The zero-order valence-corrected chi connectivity index (χ0v) is 17.3. The summed E-state index contributed by atoms with van der Waals surface area (Å²) in [5.41, 5.74) is 1.50. The Labute approximate surface area is 163 Å². The van der Waals surface area contributed by atoms with Gasteiger partial charge in [0.05, 0.1) is 0 Å². The van der Waals surface area contributed by atoms with E-state index in [9.17, 15) is 9.59 Å². The largest absolute Gasteiger partial charge is 0.444 e. The summed E-state index contributed by atoms with van der Waals surface area (Å²) >= 11 is 0. The molecule has 2 aliphatic rings. The molecule has 4 heteroatoms. The summed E-state index contributed by atoms with van der Waals surface area (Å²) in [4.78, 5) is 28.0. The zero-order chi connectivity index (χ0) is 19.8. The molecule has 0 N–H and O–H groups in total. The average Bonchev–Trinajstić information content (AvgIpc) is 2.58. The van der Waals surface area contributed by atoms with Gasteiger partial charge >= 0.3 is 6.09 Å². The second-order valence-corrected chi connectivity index (χ2v) is 9.40. The number of carbonyl (C=O) groups is 2. The van der Waals surface area contributed by atoms with Crippen LogP contribution in [0.15, 0.2) is 24.3 Å². The number of nitrogens with zero attached hydrogens (tertiary/aromatic N) is 1. The highest BCUT2D eigenvalue weighted by atomic mass is 16.6. The molecule has 2 fully saturated rings. The SMILES string of the molecule is CC(C)c1ccccc1C(=O)C1CC2CCCC(C1)N2C(=O)OC(C)(C)C. The lowest BCUT2D eigenvalue weighted by atomic mass is 9.75. The lowest BCUT2D eigenvalue weighted by molar-refractivity contribution is -0.0260. The first-order valence-corrected chi connectivity index (χ1v) is 10.3. The van der Waals surface area contributed by atoms with E-state index in [1.165, 1.54) is 0 Å². The van der Waals surface area contributed by atoms with Gasteiger partial charge in [0.1, 0.15) is 5.60 Å². The molecule has 2 aliphatic heterocycles. The number of ether oxygens (including phenoxy) is 1. The van der Waals surface area contributed by atoms with Crippen LogP contribution in [0.5, 0.6) is 0 Å². The van der Waals surface area contributed by atoms with E-state index in [2.05, 4.69) is 19.9 Å². The van der Waals surface area contributed by atoms with Crippen molar-refractivity contribution < 1.29 is 14.3 Å². The van der Waals surface area contributed by atoms with Gasteiger partial charge in [-0.05, 0) is 64.4 Å². The smallest absolute Gasteiger partial charge is 0.410 e. The average molecular weight is 372 g/mol. The quantitative estimate of drug-likeness (QED) is 0.653. The fourth-order valence-electron chi connectivity index (χ4n) is 4.65. The topological polar surface area (TPSA) is 46.6 Å². The highest BCUT2D eigenvalue weighted by Crippen LogP contribution is 2.39. The molecule has 2 atom stereocenters. The van der Waals surface area contributed by atoms with Crippen LogP contribution in [0.2, 0.25) is 0 Å². The number of rotatable bonds is 3. The zero-order valence-electron chi connectivity index (χ0n) is 17.3. The maximum atomic E-state index is 13.3. The second kappa shape index (κ2) is 7.65. The van der Waals surface area contributed by atoms with Gasteiger partial charge in [0.2, 0.25) is 0 Å². The number of amides is 1. The van der Waals surface area contributed by atoms with Gasteiger partial charge in [-0.25, -0.2) is 4.79 Å². The van der Waals surface area contributed by atoms with Crippen molar-refractivity contribution in [3.05, 3.63) is 35.4 Å². The first-order chi connectivity index (χ1) is 12.7. The predicted molar refractivity (Wildman–Crippen MR) is 107 cm³/mol. The Bertz CT molecular complexity index is 690. The third kappa shape index (κ3) is 4.36. The molecule has 1 aromatic carbocycles. The molecule has 0 saturated carbocycles. The monoisotopic (exact) mass is 371 g/mol. The van der Waals surface area contributed by atoms with E-state index >= 15 is 0 Å². The number of hydrogen-bond acceptors (Lipinski definition) is 3. The van der Waals surface area contributed by atoms with Gasteiger partial charge in [0, 0.05) is 23.6 Å². The molecule has 148 valence electrons. The van der Waals surface area contributed by atoms with Crippen LogP contribution in [0, 0.1) is 5.92 Å². The number of carbonyl (C=O) groups excluding carboxylic acids is 2. The Morgan fingerprint density at radius 2 is 1.67 bits per heavy atom. The van der Waals surface area contributed by atoms with Crippen LogP contribution >= 0.6 is 0 Å². The molecular weight excluding hydrogens is 338 g/mol. The third-order valence-corrected chi connectivity index (χ3v) is 5.80. The molecule has 2 bridgehead atoms. The van der Waals surface area contributed by atoms with Crippen molar-refractivity contribution in [2.45, 2.75) is 90.3 Å². The summed E-state index contributed by atoms with van der Waals surface area (Å²) in [6.07, 6.45) is 4.34. The van der Waals surface area contributed by atoms with Crippen LogP contribution in [0.4, 0.5) is 4.79 Å². The summed E-state index contributed by atoms with van der Waals surface area (Å²) in [6, 6.07) is 8.23. The Morgan fingerprint density at radius 1 is 1.07 bits per heavy atom. The van der Waals surface area contributed by atoms with Gasteiger partial charge < -0.3 is 9.64 Å². The van der Waals surface area contributed by atoms with Crippen molar-refractivity contribution in [1.29, 1.82) is 0 Å². The summed E-state index contributed by atoms with van der Waals surface area (Å²) in [5.74, 6) is 0.574. The lowest BCUT2D eigenvalue weighted by Gasteiger charge is -2.48. The molecule has 0 spiro atoms. The van der Waals surface area contributed by atoms with E-state index in [0.29, 0.717) is 5.92 Å². The molecule has 3 rings (SSSR count). The highest BCUT2D eigenvalue weighted by Gasteiger charge is 2.44. The van der Waals surface area contributed by atoms with E-state index in [1.54, 1.807) is 0 Å². The molecule has 2 unspecified atom stereocenters. The van der Waals surface area contributed by atoms with E-state index in [4.69, 9.17) is 4.74 Å². The van der Waals surface area contributed by atoms with Gasteiger partial charge in [0.15, 0.2) is 5.78 Å². The Hall–Kier alpha value is -1.84. The van der Waals surface area contributed by atoms with E-state index in [1.807, 2.05) is 43.9 Å². The minimum absolute atomic E-state index is 0.00103. The van der Waals surface area contributed by atoms with E-state index in [-0.39, 0.29) is 29.9 Å². The Balaban J connectivity index is 1.79. The standard InChI is InChI=1S/C23H33NO3/c1-15(2)19-11-6-7-12-20(19)21(25)16-13-17-9-8-10-18(14-16)24(17)22(26)27-23(3,4)5/h6-7,11-12,15-18H,8-10,13-14H2,1-5H3. The van der Waals surface area contributed by atoms with Gasteiger partial charge in [-0.15, -0.1) is 0 Å². The normalized spacial score (nSPS) is 25.4. The Morgan fingerprint density at radius 3 is 2.22 bits per heavy atom. The van der Waals surface area contributed by atoms with Gasteiger partial charge in [0.25, 0.3) is 0 Å². The molecule has 0 aromatic heterocycles. The van der Waals surface area contributed by atoms with Crippen LogP contribution in [-0.2, 0) is 4.74 Å². The fourth-order valence-corrected chi connectivity index (χ4v) is 4.65. The van der Waals surface area contributed by atoms with Crippen molar-refractivity contribution in [3.8, 4) is 0 Å². The van der Waals surface area contributed by atoms with Crippen LogP contribution < -0.4 is 0 Å².